The van der Waals surface area contributed by atoms with Crippen LogP contribution in [0.1, 0.15) is 32.6 Å². The minimum atomic E-state index is -0.0130. The average Bonchev–Trinajstić information content (AvgIpc) is 2.56. The number of quaternary nitrogens is 1. The third kappa shape index (κ3) is 2.81. The Bertz CT molecular complexity index is 141. The molecule has 0 bridgehead atoms. The molecule has 3 nitrogen and oxygen atoms in total. The van der Waals surface area contributed by atoms with Crippen molar-refractivity contribution >= 4 is 5.97 Å². The number of carbonyl (C=O) groups is 1. The second kappa shape index (κ2) is 5.14. The van der Waals surface area contributed by atoms with Crippen LogP contribution in [0.5, 0.6) is 0 Å². The van der Waals surface area contributed by atoms with E-state index in [1.807, 2.05) is 0 Å². The zero-order chi connectivity index (χ0) is 8.81. The van der Waals surface area contributed by atoms with Crippen LogP contribution in [0.15, 0.2) is 0 Å². The third-order valence-electron chi connectivity index (χ3n) is 2.22. The second-order valence-electron chi connectivity index (χ2n) is 3.29. The van der Waals surface area contributed by atoms with Crippen LogP contribution in [-0.4, -0.2) is 25.2 Å². The van der Waals surface area contributed by atoms with Crippen LogP contribution in [-0.2, 0) is 9.53 Å². The van der Waals surface area contributed by atoms with Gasteiger partial charge in [-0.25, -0.2) is 4.79 Å². The van der Waals surface area contributed by atoms with Gasteiger partial charge < -0.3 is 10.1 Å². The number of ether oxygens (including phenoxy) is 1. The summed E-state index contributed by atoms with van der Waals surface area (Å²) in [5, 5.41) is 2.08. The van der Waals surface area contributed by atoms with Crippen molar-refractivity contribution in [3.63, 3.8) is 0 Å². The van der Waals surface area contributed by atoms with Gasteiger partial charge in [0, 0.05) is 12.8 Å². The largest absolute Gasteiger partial charge is 0.461 e. The van der Waals surface area contributed by atoms with E-state index in [1.54, 1.807) is 0 Å². The topological polar surface area (TPSA) is 42.9 Å². The van der Waals surface area contributed by atoms with Gasteiger partial charge in [-0.3, -0.25) is 0 Å². The Balaban J connectivity index is 2.10. The highest BCUT2D eigenvalue weighted by Crippen LogP contribution is 2.00. The van der Waals surface area contributed by atoms with Crippen molar-refractivity contribution in [1.29, 1.82) is 0 Å². The fourth-order valence-corrected chi connectivity index (χ4v) is 1.41. The molecule has 1 fully saturated rings. The van der Waals surface area contributed by atoms with Crippen LogP contribution >= 0.6 is 0 Å². The van der Waals surface area contributed by atoms with Crippen LogP contribution in [0.4, 0.5) is 0 Å². The summed E-state index contributed by atoms with van der Waals surface area (Å²) in [5.41, 5.74) is 0. The van der Waals surface area contributed by atoms with Gasteiger partial charge in [-0.05, 0) is 6.42 Å². The summed E-state index contributed by atoms with van der Waals surface area (Å²) in [7, 11) is 0. The van der Waals surface area contributed by atoms with Gasteiger partial charge in [-0.15, -0.1) is 0 Å². The van der Waals surface area contributed by atoms with Crippen molar-refractivity contribution in [2.24, 2.45) is 0 Å². The van der Waals surface area contributed by atoms with Crippen molar-refractivity contribution in [3.05, 3.63) is 0 Å². The maximum atomic E-state index is 11.3. The number of unbranched alkanes of at least 4 members (excludes halogenated alkanes) is 1. The summed E-state index contributed by atoms with van der Waals surface area (Å²) in [6.07, 6.45) is 4.21. The Morgan fingerprint density at radius 1 is 1.67 bits per heavy atom. The van der Waals surface area contributed by atoms with E-state index in [2.05, 4.69) is 12.2 Å². The Labute approximate surface area is 73.5 Å². The normalized spacial score (nSPS) is 22.6. The molecule has 70 valence electrons. The molecule has 0 amide bonds. The summed E-state index contributed by atoms with van der Waals surface area (Å²) in [6.45, 7) is 3.77. The lowest BCUT2D eigenvalue weighted by atomic mass is 10.2. The summed E-state index contributed by atoms with van der Waals surface area (Å²) >= 11 is 0. The van der Waals surface area contributed by atoms with Crippen molar-refractivity contribution in [2.75, 3.05) is 13.2 Å². The van der Waals surface area contributed by atoms with E-state index in [0.717, 1.165) is 32.2 Å². The molecule has 0 radical (unpaired) electrons. The zero-order valence-corrected chi connectivity index (χ0v) is 7.71. The SMILES string of the molecule is CCCCOC(=O)[C@@H]1CCC[NH2+]1. The number of carbonyl (C=O) groups excluding carboxylic acids is 1. The Morgan fingerprint density at radius 3 is 3.08 bits per heavy atom. The highest BCUT2D eigenvalue weighted by Gasteiger charge is 2.27. The maximum Gasteiger partial charge on any atom is 0.364 e. The van der Waals surface area contributed by atoms with Gasteiger partial charge in [0.25, 0.3) is 0 Å². The highest BCUT2D eigenvalue weighted by atomic mass is 16.5. The van der Waals surface area contributed by atoms with Gasteiger partial charge in [0.15, 0.2) is 6.04 Å². The van der Waals surface area contributed by atoms with Gasteiger partial charge in [-0.1, -0.05) is 13.3 Å². The average molecular weight is 172 g/mol. The molecule has 0 aromatic carbocycles. The van der Waals surface area contributed by atoms with Crippen LogP contribution in [0, 0.1) is 0 Å². The van der Waals surface area contributed by atoms with Crippen LogP contribution < -0.4 is 5.32 Å². The van der Waals surface area contributed by atoms with Crippen LogP contribution in [0.2, 0.25) is 0 Å². The van der Waals surface area contributed by atoms with Gasteiger partial charge in [0.1, 0.15) is 0 Å². The molecule has 0 aliphatic carbocycles. The zero-order valence-electron chi connectivity index (χ0n) is 7.71. The highest BCUT2D eigenvalue weighted by molar-refractivity contribution is 5.74. The van der Waals surface area contributed by atoms with Crippen molar-refractivity contribution in [2.45, 2.75) is 38.6 Å². The smallest absolute Gasteiger partial charge is 0.364 e. The van der Waals surface area contributed by atoms with Gasteiger partial charge in [0.05, 0.1) is 13.2 Å². The molecule has 0 saturated carbocycles. The molecular weight excluding hydrogens is 154 g/mol. The first-order valence-corrected chi connectivity index (χ1v) is 4.84. The lowest BCUT2D eigenvalue weighted by molar-refractivity contribution is -0.658. The molecule has 2 N–H and O–H groups in total. The van der Waals surface area contributed by atoms with E-state index in [1.165, 1.54) is 0 Å². The molecule has 1 heterocycles. The second-order valence-corrected chi connectivity index (χ2v) is 3.29. The van der Waals surface area contributed by atoms with E-state index in [0.29, 0.717) is 6.61 Å². The van der Waals surface area contributed by atoms with Crippen molar-refractivity contribution < 1.29 is 14.8 Å². The molecule has 12 heavy (non-hydrogen) atoms. The minimum Gasteiger partial charge on any atom is -0.461 e. The molecular formula is C9H18NO2+. The van der Waals surface area contributed by atoms with E-state index >= 15 is 0 Å². The Morgan fingerprint density at radius 2 is 2.50 bits per heavy atom. The summed E-state index contributed by atoms with van der Waals surface area (Å²) in [5.74, 6) is -0.0130. The monoisotopic (exact) mass is 172 g/mol. The van der Waals surface area contributed by atoms with E-state index < -0.39 is 0 Å². The lowest BCUT2D eigenvalue weighted by Gasteiger charge is -2.06. The molecule has 0 spiro atoms. The number of hydrogen-bond acceptors (Lipinski definition) is 2. The van der Waals surface area contributed by atoms with Gasteiger partial charge in [-0.2, -0.15) is 0 Å². The third-order valence-corrected chi connectivity index (χ3v) is 2.22. The number of esters is 1. The fourth-order valence-electron chi connectivity index (χ4n) is 1.41. The Kier molecular flexibility index (Phi) is 4.08. The number of hydrogen-bond donors (Lipinski definition) is 1. The quantitative estimate of drug-likeness (QED) is 0.481. The summed E-state index contributed by atoms with van der Waals surface area (Å²) in [4.78, 5) is 11.3. The molecule has 0 aromatic rings. The molecule has 1 atom stereocenters. The first kappa shape index (κ1) is 9.52. The van der Waals surface area contributed by atoms with Crippen molar-refractivity contribution in [3.8, 4) is 0 Å². The molecule has 3 heteroatoms. The maximum absolute atomic E-state index is 11.3. The van der Waals surface area contributed by atoms with Crippen LogP contribution in [0.3, 0.4) is 0 Å². The predicted octanol–water partition coefficient (Wildman–Crippen LogP) is 0.0555. The van der Waals surface area contributed by atoms with Gasteiger partial charge >= 0.3 is 5.97 Å². The van der Waals surface area contributed by atoms with E-state index in [-0.39, 0.29) is 12.0 Å². The van der Waals surface area contributed by atoms with E-state index in [4.69, 9.17) is 4.74 Å². The van der Waals surface area contributed by atoms with Crippen molar-refractivity contribution in [1.82, 2.24) is 0 Å². The number of nitrogens with two attached hydrogens (primary N) is 1. The molecule has 1 rings (SSSR count). The molecule has 1 aliphatic heterocycles. The predicted molar refractivity (Wildman–Crippen MR) is 45.7 cm³/mol. The summed E-state index contributed by atoms with van der Waals surface area (Å²) in [6, 6.07) is 0.0989. The minimum absolute atomic E-state index is 0.0130. The fraction of sp³-hybridized carbons (Fsp3) is 0.889. The van der Waals surface area contributed by atoms with E-state index in [9.17, 15) is 4.79 Å². The van der Waals surface area contributed by atoms with Crippen LogP contribution in [0.25, 0.3) is 0 Å². The molecule has 0 aromatic heterocycles. The molecule has 1 saturated heterocycles. The summed E-state index contributed by atoms with van der Waals surface area (Å²) < 4.78 is 5.10. The number of rotatable bonds is 4. The first-order valence-electron chi connectivity index (χ1n) is 4.84. The molecule has 0 unspecified atom stereocenters. The lowest BCUT2D eigenvalue weighted by Crippen LogP contribution is -2.88. The standard InChI is InChI=1S/C9H17NO2/c1-2-3-7-12-9(11)8-5-4-6-10-8/h8,10H,2-7H2,1H3/p+1/t8-/m0/s1. The first-order chi connectivity index (χ1) is 5.84. The molecule has 1 aliphatic rings. The Hall–Kier alpha value is -0.570. The van der Waals surface area contributed by atoms with Gasteiger partial charge in [0.2, 0.25) is 0 Å².